The van der Waals surface area contributed by atoms with E-state index in [1.54, 1.807) is 24.3 Å². The van der Waals surface area contributed by atoms with Gasteiger partial charge < -0.3 is 24.1 Å². The van der Waals surface area contributed by atoms with Gasteiger partial charge in [0.1, 0.15) is 18.1 Å². The van der Waals surface area contributed by atoms with Crippen molar-refractivity contribution in [2.24, 2.45) is 10.2 Å². The predicted molar refractivity (Wildman–Crippen MR) is 132 cm³/mol. The highest BCUT2D eigenvalue weighted by Gasteiger charge is 2.28. The maximum Gasteiger partial charge on any atom is 0.375 e. The molecule has 2 rings (SSSR count). The van der Waals surface area contributed by atoms with Crippen LogP contribution in [0.25, 0.3) is 0 Å². The Labute approximate surface area is 211 Å². The van der Waals surface area contributed by atoms with Crippen LogP contribution in [0.5, 0.6) is 5.75 Å². The van der Waals surface area contributed by atoms with Crippen molar-refractivity contribution in [3.05, 3.63) is 24.3 Å². The second-order valence-corrected chi connectivity index (χ2v) is 8.26. The van der Waals surface area contributed by atoms with Crippen LogP contribution in [0.4, 0.5) is 15.3 Å². The number of ether oxygens (including phenoxy) is 4. The van der Waals surface area contributed by atoms with Crippen LogP contribution in [-0.4, -0.2) is 75.3 Å². The van der Waals surface area contributed by atoms with E-state index in [9.17, 15) is 19.5 Å². The molecule has 0 saturated carbocycles. The Morgan fingerprint density at radius 2 is 1.39 bits per heavy atom. The SMILES string of the molecule is CCCC(O)CCCC(=O)CCCOCCOCCOCCOc1ccc(N2C(=O)N=NC2=O)cc1. The minimum atomic E-state index is -0.714. The zero-order valence-electron chi connectivity index (χ0n) is 20.9. The molecule has 0 spiro atoms. The van der Waals surface area contributed by atoms with Crippen molar-refractivity contribution in [2.75, 3.05) is 51.1 Å². The molecule has 11 nitrogen and oxygen atoms in total. The van der Waals surface area contributed by atoms with Gasteiger partial charge in [-0.3, -0.25) is 4.79 Å². The van der Waals surface area contributed by atoms with Crippen LogP contribution >= 0.6 is 0 Å². The third kappa shape index (κ3) is 11.8. The minimum absolute atomic E-state index is 0.222. The Morgan fingerprint density at radius 1 is 0.833 bits per heavy atom. The molecule has 0 saturated heterocycles. The summed E-state index contributed by atoms with van der Waals surface area (Å²) < 4.78 is 21.9. The fourth-order valence-electron chi connectivity index (χ4n) is 3.44. The highest BCUT2D eigenvalue weighted by atomic mass is 16.6. The number of hydrogen-bond donors (Lipinski definition) is 1. The maximum absolute atomic E-state index is 11.8. The highest BCUT2D eigenvalue weighted by molar-refractivity contribution is 6.17. The van der Waals surface area contributed by atoms with Gasteiger partial charge in [-0.25, -0.2) is 14.5 Å². The summed E-state index contributed by atoms with van der Waals surface area (Å²) in [4.78, 5) is 35.7. The van der Waals surface area contributed by atoms with E-state index < -0.39 is 12.1 Å². The van der Waals surface area contributed by atoms with E-state index in [0.29, 0.717) is 83.4 Å². The number of carbonyl (C=O) groups excluding carboxylic acids is 3. The van der Waals surface area contributed by atoms with Gasteiger partial charge >= 0.3 is 12.1 Å². The van der Waals surface area contributed by atoms with E-state index in [1.165, 1.54) is 0 Å². The summed E-state index contributed by atoms with van der Waals surface area (Å²) in [6.07, 6.45) is 4.64. The molecule has 1 atom stereocenters. The van der Waals surface area contributed by atoms with Gasteiger partial charge in [-0.2, -0.15) is 0 Å². The second-order valence-electron chi connectivity index (χ2n) is 8.26. The Bertz CT molecular complexity index is 813. The standard InChI is InChI=1S/C25H37N3O8/c1-2-5-21(29)6-3-7-22(30)8-4-13-33-14-15-34-16-17-35-18-19-36-23-11-9-20(10-12-23)28-24(31)26-27-25(28)32/h9-12,21,29H,2-8,13-19H2,1H3. The summed E-state index contributed by atoms with van der Waals surface area (Å²) in [6, 6.07) is 5.03. The number of carbonyl (C=O) groups is 3. The van der Waals surface area contributed by atoms with Crippen molar-refractivity contribution in [1.29, 1.82) is 0 Å². The Balaban J connectivity index is 1.36. The Morgan fingerprint density at radius 3 is 2.00 bits per heavy atom. The molecule has 1 unspecified atom stereocenters. The van der Waals surface area contributed by atoms with E-state index in [-0.39, 0.29) is 11.9 Å². The van der Waals surface area contributed by atoms with Gasteiger partial charge in [0, 0.05) is 19.4 Å². The predicted octanol–water partition coefficient (Wildman–Crippen LogP) is 4.31. The summed E-state index contributed by atoms with van der Waals surface area (Å²) >= 11 is 0. The Hall–Kier alpha value is -2.73. The largest absolute Gasteiger partial charge is 0.491 e. The number of benzene rings is 1. The lowest BCUT2D eigenvalue weighted by Crippen LogP contribution is -2.27. The fraction of sp³-hybridized carbons (Fsp3) is 0.640. The molecule has 4 amide bonds. The van der Waals surface area contributed by atoms with Crippen molar-refractivity contribution in [1.82, 2.24) is 0 Å². The first-order valence-corrected chi connectivity index (χ1v) is 12.5. The molecule has 11 heteroatoms. The summed E-state index contributed by atoms with van der Waals surface area (Å²) in [5.41, 5.74) is 0.378. The van der Waals surface area contributed by atoms with Crippen molar-refractivity contribution >= 4 is 23.5 Å². The number of rotatable bonds is 21. The van der Waals surface area contributed by atoms with Gasteiger partial charge in [-0.15, -0.1) is 0 Å². The average molecular weight is 508 g/mol. The lowest BCUT2D eigenvalue weighted by atomic mass is 10.0. The topological polar surface area (TPSA) is 136 Å². The van der Waals surface area contributed by atoms with Crippen LogP contribution < -0.4 is 9.64 Å². The molecule has 1 aromatic carbocycles. The van der Waals surface area contributed by atoms with Gasteiger partial charge in [0.25, 0.3) is 0 Å². The number of amides is 4. The molecule has 1 heterocycles. The van der Waals surface area contributed by atoms with Crippen LogP contribution in [0.15, 0.2) is 34.5 Å². The van der Waals surface area contributed by atoms with Crippen molar-refractivity contribution in [3.63, 3.8) is 0 Å². The summed E-state index contributed by atoms with van der Waals surface area (Å²) in [5.74, 6) is 0.801. The van der Waals surface area contributed by atoms with E-state index in [2.05, 4.69) is 10.2 Å². The number of nitrogens with zero attached hydrogens (tertiary/aromatic N) is 3. The lowest BCUT2D eigenvalue weighted by molar-refractivity contribution is -0.119. The molecule has 36 heavy (non-hydrogen) atoms. The molecule has 200 valence electrons. The van der Waals surface area contributed by atoms with Crippen LogP contribution in [0.2, 0.25) is 0 Å². The first-order valence-electron chi connectivity index (χ1n) is 12.5. The molecule has 0 aromatic heterocycles. The normalized spacial score (nSPS) is 14.0. The monoisotopic (exact) mass is 507 g/mol. The number of imide groups is 1. The summed E-state index contributed by atoms with van der Waals surface area (Å²) in [5, 5.41) is 16.1. The van der Waals surface area contributed by atoms with Gasteiger partial charge in [0.05, 0.1) is 44.8 Å². The van der Waals surface area contributed by atoms with Crippen LogP contribution in [-0.2, 0) is 19.0 Å². The van der Waals surface area contributed by atoms with Crippen molar-refractivity contribution < 1.29 is 38.4 Å². The molecular formula is C25H37N3O8. The quantitative estimate of drug-likeness (QED) is 0.243. The molecule has 1 aliphatic rings. The van der Waals surface area contributed by atoms with Gasteiger partial charge in [0.15, 0.2) is 0 Å². The smallest absolute Gasteiger partial charge is 0.375 e. The number of aliphatic hydroxyl groups is 1. The van der Waals surface area contributed by atoms with Gasteiger partial charge in [-0.1, -0.05) is 23.6 Å². The third-order valence-corrected chi connectivity index (χ3v) is 5.30. The van der Waals surface area contributed by atoms with Crippen molar-refractivity contribution in [2.45, 2.75) is 58.0 Å². The number of Topliss-reactive ketones (excluding diaryl/α,β-unsaturated/α-hetero) is 1. The third-order valence-electron chi connectivity index (χ3n) is 5.30. The fourth-order valence-corrected chi connectivity index (χ4v) is 3.44. The number of hydrogen-bond acceptors (Lipinski definition) is 8. The van der Waals surface area contributed by atoms with Gasteiger partial charge in [-0.05, 0) is 49.9 Å². The number of aliphatic hydroxyl groups excluding tert-OH is 1. The first kappa shape index (κ1) is 29.5. The number of azo groups is 1. The molecule has 0 aliphatic carbocycles. The van der Waals surface area contributed by atoms with Crippen LogP contribution in [0.1, 0.15) is 51.9 Å². The van der Waals surface area contributed by atoms with E-state index >= 15 is 0 Å². The first-order chi connectivity index (χ1) is 17.5. The average Bonchev–Trinajstić information content (AvgIpc) is 3.20. The maximum atomic E-state index is 11.8. The second kappa shape index (κ2) is 17.7. The van der Waals surface area contributed by atoms with Crippen LogP contribution in [0.3, 0.4) is 0 Å². The van der Waals surface area contributed by atoms with Gasteiger partial charge in [0.2, 0.25) is 0 Å². The van der Waals surface area contributed by atoms with Crippen molar-refractivity contribution in [3.8, 4) is 5.75 Å². The lowest BCUT2D eigenvalue weighted by Gasteiger charge is -2.12. The minimum Gasteiger partial charge on any atom is -0.491 e. The molecule has 1 aromatic rings. The zero-order valence-corrected chi connectivity index (χ0v) is 20.9. The number of urea groups is 2. The highest BCUT2D eigenvalue weighted by Crippen LogP contribution is 2.23. The molecule has 0 bridgehead atoms. The molecule has 0 fully saturated rings. The number of ketones is 1. The molecule has 1 aliphatic heterocycles. The zero-order chi connectivity index (χ0) is 26.0. The summed E-state index contributed by atoms with van der Waals surface area (Å²) in [7, 11) is 0. The van der Waals surface area contributed by atoms with E-state index in [0.717, 1.165) is 24.2 Å². The van der Waals surface area contributed by atoms with E-state index in [4.69, 9.17) is 18.9 Å². The molecular weight excluding hydrogens is 470 g/mol. The van der Waals surface area contributed by atoms with Crippen LogP contribution in [0, 0.1) is 0 Å². The van der Waals surface area contributed by atoms with E-state index in [1.807, 2.05) is 6.92 Å². The number of anilines is 1. The Kier molecular flexibility index (Phi) is 14.5. The molecule has 0 radical (unpaired) electrons. The summed E-state index contributed by atoms with van der Waals surface area (Å²) in [6.45, 7) is 5.07. The molecule has 1 N–H and O–H groups in total.